The van der Waals surface area contributed by atoms with Crippen molar-refractivity contribution in [2.45, 2.75) is 39.0 Å². The second kappa shape index (κ2) is 6.66. The van der Waals surface area contributed by atoms with Crippen molar-refractivity contribution >= 4 is 17.5 Å². The molecule has 0 radical (unpaired) electrons. The molecule has 1 aliphatic rings. The average Bonchev–Trinajstić information content (AvgIpc) is 3.13. The van der Waals surface area contributed by atoms with Gasteiger partial charge in [0.2, 0.25) is 5.91 Å². The SMILES string of the molecule is Cc1cc(C)nc([C@@H]2CCN(C(=O)CCc3cc(Cl)no3)C2)n1. The first-order chi connectivity index (χ1) is 11.0. The minimum Gasteiger partial charge on any atom is -0.360 e. The molecule has 2 aromatic heterocycles. The van der Waals surface area contributed by atoms with Gasteiger partial charge in [0.25, 0.3) is 0 Å². The van der Waals surface area contributed by atoms with Gasteiger partial charge in [-0.25, -0.2) is 9.97 Å². The summed E-state index contributed by atoms with van der Waals surface area (Å²) in [6.07, 6.45) is 1.81. The number of likely N-dealkylation sites (tertiary alicyclic amines) is 1. The van der Waals surface area contributed by atoms with Gasteiger partial charge in [0.1, 0.15) is 11.6 Å². The lowest BCUT2D eigenvalue weighted by molar-refractivity contribution is -0.130. The maximum Gasteiger partial charge on any atom is 0.223 e. The van der Waals surface area contributed by atoms with E-state index < -0.39 is 0 Å². The van der Waals surface area contributed by atoms with Crippen molar-refractivity contribution in [2.24, 2.45) is 0 Å². The minimum absolute atomic E-state index is 0.115. The predicted molar refractivity (Wildman–Crippen MR) is 85.3 cm³/mol. The summed E-state index contributed by atoms with van der Waals surface area (Å²) < 4.78 is 5.02. The quantitative estimate of drug-likeness (QED) is 0.859. The van der Waals surface area contributed by atoms with Gasteiger partial charge in [-0.05, 0) is 26.3 Å². The first kappa shape index (κ1) is 15.9. The molecule has 23 heavy (non-hydrogen) atoms. The zero-order valence-electron chi connectivity index (χ0n) is 13.3. The molecule has 0 unspecified atom stereocenters. The van der Waals surface area contributed by atoms with Gasteiger partial charge in [-0.1, -0.05) is 16.8 Å². The minimum atomic E-state index is 0.115. The fraction of sp³-hybridized carbons (Fsp3) is 0.500. The van der Waals surface area contributed by atoms with Crippen molar-refractivity contribution in [3.8, 4) is 0 Å². The molecule has 0 spiro atoms. The Hall–Kier alpha value is -1.95. The lowest BCUT2D eigenvalue weighted by Gasteiger charge is -2.16. The highest BCUT2D eigenvalue weighted by Gasteiger charge is 2.29. The van der Waals surface area contributed by atoms with Crippen LogP contribution in [-0.4, -0.2) is 39.0 Å². The number of hydrogen-bond acceptors (Lipinski definition) is 5. The lowest BCUT2D eigenvalue weighted by Crippen LogP contribution is -2.28. The molecule has 0 aromatic carbocycles. The van der Waals surface area contributed by atoms with Crippen molar-refractivity contribution in [1.82, 2.24) is 20.0 Å². The van der Waals surface area contributed by atoms with Crippen LogP contribution in [0.25, 0.3) is 0 Å². The third-order valence-electron chi connectivity index (χ3n) is 4.02. The van der Waals surface area contributed by atoms with E-state index in [9.17, 15) is 4.79 Å². The molecule has 122 valence electrons. The van der Waals surface area contributed by atoms with Crippen molar-refractivity contribution < 1.29 is 9.32 Å². The number of nitrogens with zero attached hydrogens (tertiary/aromatic N) is 4. The molecular formula is C16H19ClN4O2. The zero-order valence-corrected chi connectivity index (χ0v) is 14.0. The van der Waals surface area contributed by atoms with Gasteiger partial charge in [-0.3, -0.25) is 4.79 Å². The molecule has 3 heterocycles. The molecule has 1 saturated heterocycles. The number of aromatic nitrogens is 3. The number of carbonyl (C=O) groups excluding carboxylic acids is 1. The first-order valence-electron chi connectivity index (χ1n) is 7.72. The Bertz CT molecular complexity index is 696. The third-order valence-corrected chi connectivity index (χ3v) is 4.20. The first-order valence-corrected chi connectivity index (χ1v) is 8.10. The summed E-state index contributed by atoms with van der Waals surface area (Å²) >= 11 is 5.70. The van der Waals surface area contributed by atoms with E-state index in [0.29, 0.717) is 30.3 Å². The highest BCUT2D eigenvalue weighted by molar-refractivity contribution is 6.29. The summed E-state index contributed by atoms with van der Waals surface area (Å²) in [6.45, 7) is 5.37. The Morgan fingerprint density at radius 1 is 1.35 bits per heavy atom. The molecular weight excluding hydrogens is 316 g/mol. The molecule has 6 nitrogen and oxygen atoms in total. The van der Waals surface area contributed by atoms with Gasteiger partial charge in [0.05, 0.1) is 0 Å². The summed E-state index contributed by atoms with van der Waals surface area (Å²) in [5, 5.41) is 3.93. The third kappa shape index (κ3) is 3.88. The van der Waals surface area contributed by atoms with E-state index >= 15 is 0 Å². The number of aryl methyl sites for hydroxylation is 3. The van der Waals surface area contributed by atoms with Crippen molar-refractivity contribution in [2.75, 3.05) is 13.1 Å². The maximum absolute atomic E-state index is 12.3. The van der Waals surface area contributed by atoms with Crippen molar-refractivity contribution in [3.05, 3.63) is 40.3 Å². The number of carbonyl (C=O) groups is 1. The Kier molecular flexibility index (Phi) is 4.61. The Morgan fingerprint density at radius 3 is 2.74 bits per heavy atom. The fourth-order valence-electron chi connectivity index (χ4n) is 2.93. The van der Waals surface area contributed by atoms with Crippen LogP contribution in [0.15, 0.2) is 16.7 Å². The largest absolute Gasteiger partial charge is 0.360 e. The number of rotatable bonds is 4. The van der Waals surface area contributed by atoms with E-state index in [1.54, 1.807) is 6.07 Å². The number of halogens is 1. The van der Waals surface area contributed by atoms with Gasteiger partial charge in [-0.2, -0.15) is 0 Å². The summed E-state index contributed by atoms with van der Waals surface area (Å²) in [5.41, 5.74) is 1.94. The normalized spacial score (nSPS) is 17.7. The number of hydrogen-bond donors (Lipinski definition) is 0. The molecule has 0 N–H and O–H groups in total. The molecule has 0 bridgehead atoms. The highest BCUT2D eigenvalue weighted by atomic mass is 35.5. The van der Waals surface area contributed by atoms with Crippen LogP contribution < -0.4 is 0 Å². The van der Waals surface area contributed by atoms with Gasteiger partial charge in [0, 0.05) is 49.3 Å². The smallest absolute Gasteiger partial charge is 0.223 e. The monoisotopic (exact) mass is 334 g/mol. The van der Waals surface area contributed by atoms with Crippen LogP contribution in [0.5, 0.6) is 0 Å². The molecule has 1 atom stereocenters. The molecule has 3 rings (SSSR count). The maximum atomic E-state index is 12.3. The van der Waals surface area contributed by atoms with Crippen LogP contribution in [-0.2, 0) is 11.2 Å². The van der Waals surface area contributed by atoms with Gasteiger partial charge in [-0.15, -0.1) is 0 Å². The van der Waals surface area contributed by atoms with Gasteiger partial charge < -0.3 is 9.42 Å². The van der Waals surface area contributed by atoms with E-state index in [1.165, 1.54) is 0 Å². The lowest BCUT2D eigenvalue weighted by atomic mass is 10.1. The second-order valence-corrected chi connectivity index (χ2v) is 6.34. The Balaban J connectivity index is 1.57. The van der Waals surface area contributed by atoms with Gasteiger partial charge in [0.15, 0.2) is 5.15 Å². The van der Waals surface area contributed by atoms with Gasteiger partial charge >= 0.3 is 0 Å². The average molecular weight is 335 g/mol. The summed E-state index contributed by atoms with van der Waals surface area (Å²) in [7, 11) is 0. The highest BCUT2D eigenvalue weighted by Crippen LogP contribution is 2.25. The molecule has 2 aromatic rings. The summed E-state index contributed by atoms with van der Waals surface area (Å²) in [4.78, 5) is 23.2. The molecule has 1 fully saturated rings. The van der Waals surface area contributed by atoms with Crippen LogP contribution in [0.2, 0.25) is 5.15 Å². The van der Waals surface area contributed by atoms with E-state index in [-0.39, 0.29) is 11.8 Å². The van der Waals surface area contributed by atoms with Crippen LogP contribution in [0, 0.1) is 13.8 Å². The molecule has 0 saturated carbocycles. The van der Waals surface area contributed by atoms with Crippen molar-refractivity contribution in [3.63, 3.8) is 0 Å². The van der Waals surface area contributed by atoms with E-state index in [0.717, 1.165) is 30.2 Å². The van der Waals surface area contributed by atoms with Crippen LogP contribution in [0.4, 0.5) is 0 Å². The standard InChI is InChI=1S/C16H19ClN4O2/c1-10-7-11(2)19-16(18-10)12-5-6-21(9-12)15(22)4-3-13-8-14(17)20-23-13/h7-8,12H,3-6,9H2,1-2H3/t12-/m1/s1. The molecule has 7 heteroatoms. The molecule has 1 aliphatic heterocycles. The van der Waals surface area contributed by atoms with Crippen LogP contribution >= 0.6 is 11.6 Å². The zero-order chi connectivity index (χ0) is 16.4. The molecule has 0 aliphatic carbocycles. The summed E-state index contributed by atoms with van der Waals surface area (Å²) in [6, 6.07) is 3.61. The topological polar surface area (TPSA) is 72.1 Å². The molecule has 1 amide bonds. The van der Waals surface area contributed by atoms with E-state index in [4.69, 9.17) is 16.1 Å². The fourth-order valence-corrected chi connectivity index (χ4v) is 3.08. The Labute approximate surface area is 139 Å². The van der Waals surface area contributed by atoms with Crippen molar-refractivity contribution in [1.29, 1.82) is 0 Å². The summed E-state index contributed by atoms with van der Waals surface area (Å²) in [5.74, 6) is 1.82. The number of amides is 1. The van der Waals surface area contributed by atoms with E-state index in [1.807, 2.05) is 24.8 Å². The Morgan fingerprint density at radius 2 is 2.09 bits per heavy atom. The van der Waals surface area contributed by atoms with Crippen LogP contribution in [0.1, 0.15) is 41.7 Å². The van der Waals surface area contributed by atoms with E-state index in [2.05, 4.69) is 15.1 Å². The van der Waals surface area contributed by atoms with Crippen LogP contribution in [0.3, 0.4) is 0 Å². The predicted octanol–water partition coefficient (Wildman–Crippen LogP) is 2.68. The second-order valence-electron chi connectivity index (χ2n) is 5.95.